The van der Waals surface area contributed by atoms with Crippen molar-refractivity contribution >= 4 is 28.6 Å². The monoisotopic (exact) mass is 369 g/mol. The third kappa shape index (κ3) is 3.39. The summed E-state index contributed by atoms with van der Waals surface area (Å²) in [4.78, 5) is 31.5. The molecule has 1 amide bonds. The number of para-hydroxylation sites is 1. The molecule has 0 atom stereocenters. The van der Waals surface area contributed by atoms with Crippen LogP contribution in [-0.4, -0.2) is 33.2 Å². The van der Waals surface area contributed by atoms with Gasteiger partial charge in [-0.05, 0) is 37.1 Å². The highest BCUT2D eigenvalue weighted by Gasteiger charge is 2.29. The van der Waals surface area contributed by atoms with Crippen LogP contribution in [0.2, 0.25) is 0 Å². The molecule has 1 aliphatic carbocycles. The van der Waals surface area contributed by atoms with Crippen molar-refractivity contribution in [3.63, 3.8) is 0 Å². The Morgan fingerprint density at radius 2 is 2.12 bits per heavy atom. The number of nitrogens with zero attached hydrogens (tertiary/aromatic N) is 3. The Balaban J connectivity index is 1.54. The molecule has 0 saturated heterocycles. The summed E-state index contributed by atoms with van der Waals surface area (Å²) in [6, 6.07) is 11.2. The molecule has 3 aromatic rings. The molecule has 0 bridgehead atoms. The number of amides is 1. The molecule has 7 heteroatoms. The van der Waals surface area contributed by atoms with Gasteiger partial charge in [0.1, 0.15) is 5.76 Å². The minimum absolute atomic E-state index is 0.0167. The summed E-state index contributed by atoms with van der Waals surface area (Å²) >= 11 is 1.32. The minimum Gasteiger partial charge on any atom is -0.467 e. The van der Waals surface area contributed by atoms with E-state index in [1.54, 1.807) is 34.9 Å². The number of rotatable bonds is 6. The predicted octanol–water partition coefficient (Wildman–Crippen LogP) is 3.08. The van der Waals surface area contributed by atoms with Crippen LogP contribution >= 0.6 is 11.8 Å². The van der Waals surface area contributed by atoms with Crippen molar-refractivity contribution in [2.24, 2.45) is 0 Å². The zero-order valence-electron chi connectivity index (χ0n) is 14.4. The number of fused-ring (bicyclic) bond motifs is 1. The molecule has 6 nitrogen and oxygen atoms in total. The molecule has 1 aliphatic rings. The van der Waals surface area contributed by atoms with Crippen LogP contribution in [0.25, 0.3) is 10.9 Å². The molecule has 1 fully saturated rings. The number of benzene rings is 1. The molecule has 0 radical (unpaired) electrons. The van der Waals surface area contributed by atoms with Crippen molar-refractivity contribution in [2.45, 2.75) is 30.6 Å². The molecule has 2 aromatic heterocycles. The fourth-order valence-electron chi connectivity index (χ4n) is 2.84. The van der Waals surface area contributed by atoms with Crippen LogP contribution in [0.4, 0.5) is 0 Å². The fraction of sp³-hybridized carbons (Fsp3) is 0.316. The SMILES string of the molecule is CN(Cc1ccco1)C(=O)CSc1nc2ccccc2c(=O)n1C1CC1. The molecule has 1 aromatic carbocycles. The molecule has 26 heavy (non-hydrogen) atoms. The first-order valence-electron chi connectivity index (χ1n) is 8.54. The molecule has 0 N–H and O–H groups in total. The molecular weight excluding hydrogens is 350 g/mol. The largest absolute Gasteiger partial charge is 0.467 e. The normalized spacial score (nSPS) is 13.9. The van der Waals surface area contributed by atoms with E-state index >= 15 is 0 Å². The van der Waals surface area contributed by atoms with Gasteiger partial charge in [0.05, 0.1) is 29.5 Å². The van der Waals surface area contributed by atoms with E-state index in [2.05, 4.69) is 4.98 Å². The van der Waals surface area contributed by atoms with Gasteiger partial charge >= 0.3 is 0 Å². The Labute approximate surface area is 154 Å². The summed E-state index contributed by atoms with van der Waals surface area (Å²) in [5.41, 5.74) is 0.658. The van der Waals surface area contributed by atoms with Gasteiger partial charge in [0.15, 0.2) is 5.16 Å². The highest BCUT2D eigenvalue weighted by atomic mass is 32.2. The molecule has 1 saturated carbocycles. The van der Waals surface area contributed by atoms with E-state index in [0.29, 0.717) is 22.6 Å². The molecule has 0 spiro atoms. The van der Waals surface area contributed by atoms with Crippen molar-refractivity contribution in [1.82, 2.24) is 14.5 Å². The maximum atomic E-state index is 12.8. The number of thioether (sulfide) groups is 1. The number of hydrogen-bond acceptors (Lipinski definition) is 5. The third-order valence-electron chi connectivity index (χ3n) is 4.41. The quantitative estimate of drug-likeness (QED) is 0.493. The van der Waals surface area contributed by atoms with Crippen molar-refractivity contribution in [3.8, 4) is 0 Å². The van der Waals surface area contributed by atoms with E-state index in [4.69, 9.17) is 4.42 Å². The summed E-state index contributed by atoms with van der Waals surface area (Å²) < 4.78 is 7.04. The molecule has 2 heterocycles. The third-order valence-corrected chi connectivity index (χ3v) is 5.35. The lowest BCUT2D eigenvalue weighted by molar-refractivity contribution is -0.127. The topological polar surface area (TPSA) is 68.3 Å². The predicted molar refractivity (Wildman–Crippen MR) is 100 cm³/mol. The smallest absolute Gasteiger partial charge is 0.262 e. The van der Waals surface area contributed by atoms with Gasteiger partial charge in [0.2, 0.25) is 5.91 Å². The van der Waals surface area contributed by atoms with Crippen molar-refractivity contribution in [1.29, 1.82) is 0 Å². The van der Waals surface area contributed by atoms with E-state index < -0.39 is 0 Å². The molecule has 0 aliphatic heterocycles. The summed E-state index contributed by atoms with van der Waals surface area (Å²) in [6.07, 6.45) is 3.56. The zero-order valence-corrected chi connectivity index (χ0v) is 15.2. The first-order chi connectivity index (χ1) is 12.6. The van der Waals surface area contributed by atoms with Crippen LogP contribution in [-0.2, 0) is 11.3 Å². The van der Waals surface area contributed by atoms with E-state index in [9.17, 15) is 9.59 Å². The minimum atomic E-state index is -0.0313. The zero-order chi connectivity index (χ0) is 18.1. The Hall–Kier alpha value is -2.54. The van der Waals surface area contributed by atoms with Crippen molar-refractivity contribution < 1.29 is 9.21 Å². The second-order valence-corrected chi connectivity index (χ2v) is 7.38. The number of carbonyl (C=O) groups is 1. The van der Waals surface area contributed by atoms with Gasteiger partial charge in [-0.15, -0.1) is 0 Å². The van der Waals surface area contributed by atoms with Gasteiger partial charge in [-0.2, -0.15) is 0 Å². The average molecular weight is 369 g/mol. The number of furan rings is 1. The Kier molecular flexibility index (Phi) is 4.55. The van der Waals surface area contributed by atoms with Crippen LogP contribution in [0.1, 0.15) is 24.6 Å². The van der Waals surface area contributed by atoms with Crippen LogP contribution in [0.5, 0.6) is 0 Å². The van der Waals surface area contributed by atoms with E-state index in [1.165, 1.54) is 11.8 Å². The van der Waals surface area contributed by atoms with Gasteiger partial charge in [-0.3, -0.25) is 14.2 Å². The second-order valence-electron chi connectivity index (χ2n) is 6.44. The second kappa shape index (κ2) is 6.99. The van der Waals surface area contributed by atoms with Gasteiger partial charge in [-0.1, -0.05) is 23.9 Å². The Morgan fingerprint density at radius 3 is 2.85 bits per heavy atom. The first-order valence-corrected chi connectivity index (χ1v) is 9.52. The Bertz CT molecular complexity index is 993. The maximum Gasteiger partial charge on any atom is 0.262 e. The summed E-state index contributed by atoms with van der Waals surface area (Å²) in [6.45, 7) is 0.424. The standard InChI is InChI=1S/C19H19N3O3S/c1-21(11-14-5-4-10-25-14)17(23)12-26-19-20-16-7-3-2-6-15(16)18(24)22(19)13-8-9-13/h2-7,10,13H,8-9,11-12H2,1H3. The summed E-state index contributed by atoms with van der Waals surface area (Å²) in [7, 11) is 1.74. The highest BCUT2D eigenvalue weighted by molar-refractivity contribution is 7.99. The molecule has 0 unspecified atom stereocenters. The molecule has 4 rings (SSSR count). The lowest BCUT2D eigenvalue weighted by Gasteiger charge is -2.16. The van der Waals surface area contributed by atoms with Crippen LogP contribution in [0.15, 0.2) is 57.0 Å². The molecule has 134 valence electrons. The maximum absolute atomic E-state index is 12.8. The summed E-state index contributed by atoms with van der Waals surface area (Å²) in [5, 5.41) is 1.25. The van der Waals surface area contributed by atoms with Crippen LogP contribution in [0.3, 0.4) is 0 Å². The first kappa shape index (κ1) is 16.9. The lowest BCUT2D eigenvalue weighted by atomic mass is 10.2. The van der Waals surface area contributed by atoms with Crippen LogP contribution < -0.4 is 5.56 Å². The summed E-state index contributed by atoms with van der Waals surface area (Å²) in [5.74, 6) is 0.940. The van der Waals surface area contributed by atoms with Gasteiger partial charge in [-0.25, -0.2) is 4.98 Å². The lowest BCUT2D eigenvalue weighted by Crippen LogP contribution is -2.28. The molecular formula is C19H19N3O3S. The van der Waals surface area contributed by atoms with Gasteiger partial charge in [0.25, 0.3) is 5.56 Å². The highest BCUT2D eigenvalue weighted by Crippen LogP contribution is 2.36. The van der Waals surface area contributed by atoms with E-state index in [-0.39, 0.29) is 23.3 Å². The van der Waals surface area contributed by atoms with Gasteiger partial charge in [0, 0.05) is 13.1 Å². The van der Waals surface area contributed by atoms with Crippen molar-refractivity contribution in [2.75, 3.05) is 12.8 Å². The fourth-order valence-corrected chi connectivity index (χ4v) is 3.85. The number of aromatic nitrogens is 2. The number of carbonyl (C=O) groups excluding carboxylic acids is 1. The Morgan fingerprint density at radius 1 is 1.31 bits per heavy atom. The number of hydrogen-bond donors (Lipinski definition) is 0. The van der Waals surface area contributed by atoms with Crippen molar-refractivity contribution in [3.05, 3.63) is 58.8 Å². The van der Waals surface area contributed by atoms with E-state index in [0.717, 1.165) is 18.6 Å². The van der Waals surface area contributed by atoms with Gasteiger partial charge < -0.3 is 9.32 Å². The average Bonchev–Trinajstić information content (AvgIpc) is 3.35. The van der Waals surface area contributed by atoms with Crippen LogP contribution in [0, 0.1) is 0 Å². The van der Waals surface area contributed by atoms with E-state index in [1.807, 2.05) is 24.3 Å².